The lowest BCUT2D eigenvalue weighted by molar-refractivity contribution is -0.253. The number of ether oxygens (including phenoxy) is 2. The molecule has 11 heteroatoms. The SMILES string of the molecule is O=c1[nH]c2ccccc2n1C1CCN(CC2CC(c3ccc(CO)cc3)OC(c3ccc(CNS(=O)(=O)c4ccccc4)cc3)O2)CC1. The van der Waals surface area contributed by atoms with E-state index in [0.717, 1.165) is 65.8 Å². The number of aromatic amines is 1. The molecular formula is C37H40N4O6S. The molecule has 10 nitrogen and oxygen atoms in total. The Balaban J connectivity index is 1.03. The van der Waals surface area contributed by atoms with Crippen molar-refractivity contribution >= 4 is 21.1 Å². The van der Waals surface area contributed by atoms with Crippen molar-refractivity contribution < 1.29 is 23.0 Å². The van der Waals surface area contributed by atoms with Crippen LogP contribution in [0.5, 0.6) is 0 Å². The summed E-state index contributed by atoms with van der Waals surface area (Å²) in [5.74, 6) is 0. The predicted molar refractivity (Wildman–Crippen MR) is 183 cm³/mol. The number of hydrogen-bond donors (Lipinski definition) is 3. The van der Waals surface area contributed by atoms with Crippen molar-refractivity contribution in [3.63, 3.8) is 0 Å². The summed E-state index contributed by atoms with van der Waals surface area (Å²) in [5.41, 5.74) is 5.30. The van der Waals surface area contributed by atoms with Crippen LogP contribution in [0, 0.1) is 0 Å². The lowest BCUT2D eigenvalue weighted by Gasteiger charge is -2.40. The van der Waals surface area contributed by atoms with Gasteiger partial charge in [0.05, 0.1) is 34.7 Å². The third kappa shape index (κ3) is 7.17. The number of piperidine rings is 1. The summed E-state index contributed by atoms with van der Waals surface area (Å²) in [4.78, 5) is 18.4. The van der Waals surface area contributed by atoms with Gasteiger partial charge in [-0.05, 0) is 53.8 Å². The van der Waals surface area contributed by atoms with Gasteiger partial charge in [-0.15, -0.1) is 0 Å². The third-order valence-corrected chi connectivity index (χ3v) is 10.8. The van der Waals surface area contributed by atoms with Gasteiger partial charge in [0.25, 0.3) is 0 Å². The molecule has 3 N–H and O–H groups in total. The molecule has 0 bridgehead atoms. The average molecular weight is 669 g/mol. The van der Waals surface area contributed by atoms with Crippen LogP contribution in [0.2, 0.25) is 0 Å². The van der Waals surface area contributed by atoms with E-state index in [1.165, 1.54) is 0 Å². The number of fused-ring (bicyclic) bond motifs is 1. The van der Waals surface area contributed by atoms with Crippen molar-refractivity contribution in [3.8, 4) is 0 Å². The fourth-order valence-electron chi connectivity index (χ4n) is 6.77. The van der Waals surface area contributed by atoms with Gasteiger partial charge in [-0.3, -0.25) is 4.57 Å². The second-order valence-electron chi connectivity index (χ2n) is 12.6. The Bertz CT molecular complexity index is 1990. The van der Waals surface area contributed by atoms with Crippen LogP contribution in [-0.4, -0.2) is 53.7 Å². The van der Waals surface area contributed by atoms with Gasteiger partial charge >= 0.3 is 5.69 Å². The van der Waals surface area contributed by atoms with E-state index in [4.69, 9.17) is 9.47 Å². The quantitative estimate of drug-likeness (QED) is 0.187. The molecule has 7 rings (SSSR count). The lowest BCUT2D eigenvalue weighted by Crippen LogP contribution is -2.43. The van der Waals surface area contributed by atoms with E-state index in [1.54, 1.807) is 30.3 Å². The maximum atomic E-state index is 12.8. The zero-order valence-corrected chi connectivity index (χ0v) is 27.4. The van der Waals surface area contributed by atoms with Gasteiger partial charge in [0, 0.05) is 44.2 Å². The van der Waals surface area contributed by atoms with Crippen LogP contribution in [0.25, 0.3) is 11.0 Å². The molecule has 2 aliphatic heterocycles. The summed E-state index contributed by atoms with van der Waals surface area (Å²) in [7, 11) is -3.62. The molecule has 0 radical (unpaired) electrons. The number of sulfonamides is 1. The Morgan fingerprint density at radius 3 is 2.21 bits per heavy atom. The highest BCUT2D eigenvalue weighted by molar-refractivity contribution is 7.89. The second-order valence-corrected chi connectivity index (χ2v) is 14.3. The van der Waals surface area contributed by atoms with E-state index in [9.17, 15) is 18.3 Å². The molecule has 1 aromatic heterocycles. The molecule has 4 aromatic carbocycles. The van der Waals surface area contributed by atoms with Crippen LogP contribution >= 0.6 is 0 Å². The van der Waals surface area contributed by atoms with Crippen LogP contribution in [0.1, 0.15) is 60.0 Å². The van der Waals surface area contributed by atoms with Crippen LogP contribution in [0.3, 0.4) is 0 Å². The number of likely N-dealkylation sites (tertiary alicyclic amines) is 1. The number of benzene rings is 4. The van der Waals surface area contributed by atoms with Gasteiger partial charge in [0.1, 0.15) is 0 Å². The summed E-state index contributed by atoms with van der Waals surface area (Å²) < 4.78 is 43.1. The first-order chi connectivity index (χ1) is 23.4. The van der Waals surface area contributed by atoms with Gasteiger partial charge in [0.15, 0.2) is 6.29 Å². The minimum atomic E-state index is -3.62. The summed E-state index contributed by atoms with van der Waals surface area (Å²) in [5, 5.41) is 9.55. The van der Waals surface area contributed by atoms with Gasteiger partial charge in [-0.1, -0.05) is 78.9 Å². The number of nitrogens with zero attached hydrogens (tertiary/aromatic N) is 2. The number of aliphatic hydroxyl groups excluding tert-OH is 1. The normalized spacial score (nSPS) is 21.1. The minimum absolute atomic E-state index is 0.0192. The molecule has 3 unspecified atom stereocenters. The zero-order valence-electron chi connectivity index (χ0n) is 26.6. The van der Waals surface area contributed by atoms with Crippen LogP contribution in [0.4, 0.5) is 0 Å². The van der Waals surface area contributed by atoms with E-state index < -0.39 is 16.3 Å². The Labute approximate surface area is 280 Å². The molecule has 0 amide bonds. The molecule has 0 spiro atoms. The third-order valence-electron chi connectivity index (χ3n) is 9.39. The van der Waals surface area contributed by atoms with Gasteiger partial charge < -0.3 is 24.5 Å². The van der Waals surface area contributed by atoms with Gasteiger partial charge in [-0.2, -0.15) is 0 Å². The molecule has 2 saturated heterocycles. The van der Waals surface area contributed by atoms with Crippen molar-refractivity contribution in [3.05, 3.63) is 136 Å². The maximum Gasteiger partial charge on any atom is 0.326 e. The highest BCUT2D eigenvalue weighted by Gasteiger charge is 2.34. The van der Waals surface area contributed by atoms with E-state index in [0.29, 0.717) is 6.42 Å². The highest BCUT2D eigenvalue weighted by Crippen LogP contribution is 2.38. The summed E-state index contributed by atoms with van der Waals surface area (Å²) in [6.07, 6.45) is 1.50. The molecule has 5 aromatic rings. The van der Waals surface area contributed by atoms with E-state index in [2.05, 4.69) is 14.6 Å². The smallest absolute Gasteiger partial charge is 0.326 e. The van der Waals surface area contributed by atoms with Gasteiger partial charge in [-0.25, -0.2) is 17.9 Å². The van der Waals surface area contributed by atoms with Crippen LogP contribution in [0.15, 0.2) is 113 Å². The average Bonchev–Trinajstić information content (AvgIpc) is 3.47. The monoisotopic (exact) mass is 668 g/mol. The van der Waals surface area contributed by atoms with Gasteiger partial charge in [0.2, 0.25) is 10.0 Å². The Morgan fingerprint density at radius 2 is 1.48 bits per heavy atom. The van der Waals surface area contributed by atoms with Crippen LogP contribution < -0.4 is 10.4 Å². The topological polar surface area (TPSA) is 126 Å². The number of para-hydroxylation sites is 2. The number of imidazole rings is 1. The molecule has 0 aliphatic carbocycles. The van der Waals surface area contributed by atoms with Crippen molar-refractivity contribution in [2.75, 3.05) is 19.6 Å². The number of aromatic nitrogens is 2. The van der Waals surface area contributed by atoms with Crippen LogP contribution in [-0.2, 0) is 32.6 Å². The minimum Gasteiger partial charge on any atom is -0.392 e. The molecule has 48 heavy (non-hydrogen) atoms. The largest absolute Gasteiger partial charge is 0.392 e. The molecular weight excluding hydrogens is 628 g/mol. The van der Waals surface area contributed by atoms with Crippen molar-refractivity contribution in [1.29, 1.82) is 0 Å². The fraction of sp³-hybridized carbons (Fsp3) is 0.324. The molecule has 2 aliphatic rings. The Kier molecular flexibility index (Phi) is 9.58. The summed E-state index contributed by atoms with van der Waals surface area (Å²) >= 11 is 0. The fourth-order valence-corrected chi connectivity index (χ4v) is 7.81. The standard InChI is InChI=1S/C37H40N4O6S/c42-25-27-12-14-28(15-13-27)35-22-31(24-40-20-18-30(19-21-40)41-34-9-5-4-8-33(34)39-37(41)43)46-36(47-35)29-16-10-26(11-17-29)23-38-48(44,45)32-6-2-1-3-7-32/h1-17,30-31,35-36,38,42H,18-25H2,(H,39,43). The maximum absolute atomic E-state index is 12.8. The summed E-state index contributed by atoms with van der Waals surface area (Å²) in [6.45, 7) is 2.58. The first-order valence-corrected chi connectivity index (χ1v) is 17.9. The van der Waals surface area contributed by atoms with E-state index >= 15 is 0 Å². The van der Waals surface area contributed by atoms with Crippen molar-refractivity contribution in [2.24, 2.45) is 0 Å². The first-order valence-electron chi connectivity index (χ1n) is 16.4. The number of aliphatic hydroxyl groups is 1. The Morgan fingerprint density at radius 1 is 0.812 bits per heavy atom. The van der Waals surface area contributed by atoms with Crippen molar-refractivity contribution in [1.82, 2.24) is 19.2 Å². The second kappa shape index (κ2) is 14.2. The molecule has 2 fully saturated rings. The molecule has 3 heterocycles. The number of nitrogens with one attached hydrogen (secondary N) is 2. The predicted octanol–water partition coefficient (Wildman–Crippen LogP) is 5.18. The number of H-pyrrole nitrogens is 1. The molecule has 250 valence electrons. The van der Waals surface area contributed by atoms with E-state index in [1.807, 2.05) is 77.4 Å². The first kappa shape index (κ1) is 32.4. The van der Waals surface area contributed by atoms with E-state index in [-0.39, 0.29) is 42.0 Å². The summed E-state index contributed by atoms with van der Waals surface area (Å²) in [6, 6.07) is 31.8. The Hall–Kier alpha value is -4.10. The molecule has 3 atom stereocenters. The number of rotatable bonds is 10. The molecule has 0 saturated carbocycles. The number of hydrogen-bond acceptors (Lipinski definition) is 7. The lowest BCUT2D eigenvalue weighted by atomic mass is 9.98. The zero-order chi connectivity index (χ0) is 33.1. The highest BCUT2D eigenvalue weighted by atomic mass is 32.2. The van der Waals surface area contributed by atoms with Crippen molar-refractivity contribution in [2.45, 2.75) is 61.8 Å².